The van der Waals surface area contributed by atoms with Gasteiger partial charge in [0.1, 0.15) is 6.33 Å². The number of nitrogens with zero attached hydrogens (tertiary/aromatic N) is 4. The van der Waals surface area contributed by atoms with E-state index in [2.05, 4.69) is 38.6 Å². The number of carbonyl (C=O) groups is 1. The second-order valence-corrected chi connectivity index (χ2v) is 9.33. The van der Waals surface area contributed by atoms with Crippen LogP contribution in [0.15, 0.2) is 48.9 Å². The molecule has 1 saturated carbocycles. The summed E-state index contributed by atoms with van der Waals surface area (Å²) in [5.41, 5.74) is 10.1. The van der Waals surface area contributed by atoms with Gasteiger partial charge in [-0.2, -0.15) is 0 Å². The molecular weight excluding hydrogens is 414 g/mol. The monoisotopic (exact) mass is 437 g/mol. The number of carbonyl (C=O) groups excluding carboxylic acids is 1. The van der Waals surface area contributed by atoms with Crippen LogP contribution in [0.3, 0.4) is 0 Å². The Balaban J connectivity index is 1.20. The predicted octanol–water partition coefficient (Wildman–Crippen LogP) is 2.52. The summed E-state index contributed by atoms with van der Waals surface area (Å²) in [5, 5.41) is 12.0. The summed E-state index contributed by atoms with van der Waals surface area (Å²) in [4.78, 5) is 14.7. The van der Waals surface area contributed by atoms with Crippen LogP contribution < -0.4 is 16.2 Å². The normalized spacial score (nSPS) is 30.2. The van der Waals surface area contributed by atoms with Gasteiger partial charge in [0, 0.05) is 36.4 Å². The highest BCUT2D eigenvalue weighted by atomic mass is 35.5. The lowest BCUT2D eigenvalue weighted by Gasteiger charge is -2.45. The van der Waals surface area contributed by atoms with E-state index in [9.17, 15) is 4.79 Å². The zero-order valence-electron chi connectivity index (χ0n) is 16.9. The lowest BCUT2D eigenvalue weighted by molar-refractivity contribution is 0.0961. The number of pyridine rings is 1. The van der Waals surface area contributed by atoms with Crippen LogP contribution in [0, 0.1) is 11.8 Å². The molecule has 4 heterocycles. The van der Waals surface area contributed by atoms with E-state index in [1.165, 1.54) is 5.56 Å². The summed E-state index contributed by atoms with van der Waals surface area (Å²) >= 11 is 6.13. The minimum atomic E-state index is 0.0141. The number of urea groups is 1. The standard InChI is InChI=1S/C22H24ClN7O/c23-16-3-1-2-13(6-16)9-29-11-15-7-17-19(8-18(15)25-22(29)31)26-28-21(17)14-4-5-20-27-24-12-30(20)10-14/h1-6,10,12,15,17-19,21,26,28H,7-9,11H2,(H,25,31). The molecule has 8 nitrogen and oxygen atoms in total. The molecule has 1 aliphatic carbocycles. The van der Waals surface area contributed by atoms with Crippen LogP contribution in [0.4, 0.5) is 4.79 Å². The Labute approximate surface area is 184 Å². The number of rotatable bonds is 3. The number of hydrogen-bond donors (Lipinski definition) is 3. The van der Waals surface area contributed by atoms with Crippen LogP contribution in [0.5, 0.6) is 0 Å². The molecule has 6 rings (SSSR count). The fraction of sp³-hybridized carbons (Fsp3) is 0.409. The molecule has 3 N–H and O–H groups in total. The summed E-state index contributed by atoms with van der Waals surface area (Å²) < 4.78 is 1.96. The number of aromatic nitrogens is 3. The van der Waals surface area contributed by atoms with E-state index < -0.39 is 0 Å². The van der Waals surface area contributed by atoms with Gasteiger partial charge in [0.2, 0.25) is 0 Å². The Hall–Kier alpha value is -2.68. The van der Waals surface area contributed by atoms with Gasteiger partial charge >= 0.3 is 6.03 Å². The maximum absolute atomic E-state index is 12.7. The molecule has 2 amide bonds. The van der Waals surface area contributed by atoms with Crippen molar-refractivity contribution in [1.82, 2.24) is 35.7 Å². The van der Waals surface area contributed by atoms with Gasteiger partial charge < -0.3 is 10.2 Å². The average Bonchev–Trinajstić information content (AvgIpc) is 3.39. The van der Waals surface area contributed by atoms with E-state index in [0.29, 0.717) is 29.4 Å². The molecule has 160 valence electrons. The van der Waals surface area contributed by atoms with E-state index in [1.807, 2.05) is 39.6 Å². The van der Waals surface area contributed by atoms with Gasteiger partial charge in [0.25, 0.3) is 0 Å². The van der Waals surface area contributed by atoms with E-state index >= 15 is 0 Å². The predicted molar refractivity (Wildman–Crippen MR) is 116 cm³/mol. The van der Waals surface area contributed by atoms with Gasteiger partial charge in [-0.05, 0) is 54.0 Å². The quantitative estimate of drug-likeness (QED) is 0.586. The minimum Gasteiger partial charge on any atom is -0.335 e. The molecule has 0 bridgehead atoms. The van der Waals surface area contributed by atoms with Crippen LogP contribution in [0.1, 0.15) is 30.0 Å². The Bertz CT molecular complexity index is 1130. The molecule has 2 aliphatic heterocycles. The fourth-order valence-electron chi connectivity index (χ4n) is 5.50. The third-order valence-electron chi connectivity index (χ3n) is 7.01. The number of hydrogen-bond acceptors (Lipinski definition) is 5. The number of nitrogens with one attached hydrogen (secondary N) is 3. The Morgan fingerprint density at radius 2 is 2.06 bits per heavy atom. The number of hydrazine groups is 1. The van der Waals surface area contributed by atoms with Gasteiger partial charge in [0.15, 0.2) is 5.65 Å². The molecule has 5 atom stereocenters. The Morgan fingerprint density at radius 1 is 1.13 bits per heavy atom. The number of amides is 2. The van der Waals surface area contributed by atoms with Crippen molar-refractivity contribution < 1.29 is 4.79 Å². The van der Waals surface area contributed by atoms with E-state index in [1.54, 1.807) is 6.33 Å². The smallest absolute Gasteiger partial charge is 0.317 e. The van der Waals surface area contributed by atoms with Crippen molar-refractivity contribution >= 4 is 23.3 Å². The topological polar surface area (TPSA) is 86.6 Å². The van der Waals surface area contributed by atoms with E-state index in [-0.39, 0.29) is 18.1 Å². The number of benzene rings is 1. The van der Waals surface area contributed by atoms with Crippen LogP contribution >= 0.6 is 11.6 Å². The first-order chi connectivity index (χ1) is 15.1. The SMILES string of the molecule is O=C1NC2CC3NNC(c4ccc5nncn5c4)C3CC2CN1Cc1cccc(Cl)c1. The lowest BCUT2D eigenvalue weighted by Crippen LogP contribution is -2.60. The zero-order valence-corrected chi connectivity index (χ0v) is 17.7. The maximum Gasteiger partial charge on any atom is 0.317 e. The molecule has 3 aliphatic rings. The summed E-state index contributed by atoms with van der Waals surface area (Å²) in [6.45, 7) is 1.34. The van der Waals surface area contributed by atoms with E-state index in [0.717, 1.165) is 30.6 Å². The molecule has 1 aromatic carbocycles. The molecule has 0 spiro atoms. The zero-order chi connectivity index (χ0) is 20.9. The summed E-state index contributed by atoms with van der Waals surface area (Å²) in [7, 11) is 0. The highest BCUT2D eigenvalue weighted by Crippen LogP contribution is 2.42. The van der Waals surface area contributed by atoms with Crippen LogP contribution in [-0.2, 0) is 6.54 Å². The molecule has 3 aromatic rings. The van der Waals surface area contributed by atoms with Gasteiger partial charge in [0.05, 0.1) is 6.04 Å². The van der Waals surface area contributed by atoms with Crippen LogP contribution in [0.25, 0.3) is 5.65 Å². The van der Waals surface area contributed by atoms with Crippen molar-refractivity contribution in [2.24, 2.45) is 11.8 Å². The third kappa shape index (κ3) is 3.44. The maximum atomic E-state index is 12.7. The summed E-state index contributed by atoms with van der Waals surface area (Å²) in [6.07, 6.45) is 5.83. The summed E-state index contributed by atoms with van der Waals surface area (Å²) in [5.74, 6) is 0.874. The first-order valence-corrected chi connectivity index (χ1v) is 11.1. The molecule has 0 radical (unpaired) electrons. The lowest BCUT2D eigenvalue weighted by atomic mass is 9.71. The molecule has 31 heavy (non-hydrogen) atoms. The van der Waals surface area contributed by atoms with Crippen LogP contribution in [0.2, 0.25) is 5.02 Å². The van der Waals surface area contributed by atoms with Crippen molar-refractivity contribution in [3.05, 3.63) is 65.1 Å². The first kappa shape index (κ1) is 19.0. The minimum absolute atomic E-state index is 0.0141. The Morgan fingerprint density at radius 3 is 2.97 bits per heavy atom. The van der Waals surface area contributed by atoms with Gasteiger partial charge in [-0.15, -0.1) is 10.2 Å². The van der Waals surface area contributed by atoms with Gasteiger partial charge in [-0.3, -0.25) is 9.83 Å². The van der Waals surface area contributed by atoms with Crippen LogP contribution in [-0.4, -0.2) is 44.2 Å². The fourth-order valence-corrected chi connectivity index (χ4v) is 5.72. The Kier molecular flexibility index (Phi) is 4.59. The average molecular weight is 438 g/mol. The number of halogens is 1. The molecular formula is C22H24ClN7O. The van der Waals surface area contributed by atoms with Crippen molar-refractivity contribution in [3.63, 3.8) is 0 Å². The second kappa shape index (κ2) is 7.47. The molecule has 3 fully saturated rings. The molecule has 5 unspecified atom stereocenters. The van der Waals surface area contributed by atoms with Crippen molar-refractivity contribution in [3.8, 4) is 0 Å². The highest BCUT2D eigenvalue weighted by Gasteiger charge is 2.47. The molecule has 2 saturated heterocycles. The summed E-state index contributed by atoms with van der Waals surface area (Å²) in [6, 6.07) is 12.7. The van der Waals surface area contributed by atoms with Crippen molar-refractivity contribution in [2.75, 3.05) is 6.54 Å². The molecule has 9 heteroatoms. The largest absolute Gasteiger partial charge is 0.335 e. The van der Waals surface area contributed by atoms with Gasteiger partial charge in [-0.1, -0.05) is 29.8 Å². The van der Waals surface area contributed by atoms with Gasteiger partial charge in [-0.25, -0.2) is 10.2 Å². The number of fused-ring (bicyclic) bond motifs is 3. The highest BCUT2D eigenvalue weighted by molar-refractivity contribution is 6.30. The third-order valence-corrected chi connectivity index (χ3v) is 7.24. The van der Waals surface area contributed by atoms with E-state index in [4.69, 9.17) is 11.6 Å². The van der Waals surface area contributed by atoms with Crippen molar-refractivity contribution in [1.29, 1.82) is 0 Å². The second-order valence-electron chi connectivity index (χ2n) is 8.89. The molecule has 2 aromatic heterocycles. The first-order valence-electron chi connectivity index (χ1n) is 10.7. The van der Waals surface area contributed by atoms with Crippen molar-refractivity contribution in [2.45, 2.75) is 37.5 Å².